The number of carbonyl (C=O) groups is 1. The Morgan fingerprint density at radius 2 is 2.13 bits per heavy atom. The van der Waals surface area contributed by atoms with Gasteiger partial charge in [-0.25, -0.2) is 4.79 Å². The average Bonchev–Trinajstić information content (AvgIpc) is 2.18. The smallest absolute Gasteiger partial charge is 0.414 e. The Bertz CT molecular complexity index is 396. The zero-order valence-corrected chi connectivity index (χ0v) is 8.81. The van der Waals surface area contributed by atoms with Crippen LogP contribution in [0.1, 0.15) is 18.6 Å². The summed E-state index contributed by atoms with van der Waals surface area (Å²) in [7, 11) is 0. The fourth-order valence-corrected chi connectivity index (χ4v) is 1.18. The Morgan fingerprint density at radius 1 is 1.53 bits per heavy atom. The molecule has 1 aromatic rings. The predicted molar refractivity (Wildman–Crippen MR) is 55.6 cm³/mol. The van der Waals surface area contributed by atoms with Gasteiger partial charge >= 0.3 is 12.2 Å². The van der Waals surface area contributed by atoms with Gasteiger partial charge in [-0.2, -0.15) is 4.79 Å². The van der Waals surface area contributed by atoms with Crippen LogP contribution in [-0.2, 0) is 9.53 Å². The molecule has 0 saturated carbocycles. The molecular weight excluding hydrogens is 216 g/mol. The summed E-state index contributed by atoms with van der Waals surface area (Å²) in [5.74, 6) is -0.694. The maximum atomic E-state index is 10.9. The number of nitrogens with zero attached hydrogens (tertiary/aromatic N) is 2. The number of carbonyl (C=O) groups excluding carboxylic acids is 1. The normalized spacial score (nSPS) is 11.3. The summed E-state index contributed by atoms with van der Waals surface area (Å²) < 4.78 is 4.93. The molecule has 15 heavy (non-hydrogen) atoms. The summed E-state index contributed by atoms with van der Waals surface area (Å²) in [6.07, 6.45) is 0.291. The summed E-state index contributed by atoms with van der Waals surface area (Å²) >= 11 is 5.71. The van der Waals surface area contributed by atoms with Crippen molar-refractivity contribution in [2.24, 2.45) is 0 Å². The van der Waals surface area contributed by atoms with Gasteiger partial charge in [0.25, 0.3) is 0 Å². The molecule has 0 radical (unpaired) electrons. The highest BCUT2D eigenvalue weighted by atomic mass is 35.5. The molecule has 0 saturated heterocycles. The van der Waals surface area contributed by atoms with E-state index in [1.807, 2.05) is 0 Å². The van der Waals surface area contributed by atoms with Crippen molar-refractivity contribution in [2.45, 2.75) is 13.0 Å². The quantitative estimate of drug-likeness (QED) is 0.342. The van der Waals surface area contributed by atoms with Crippen LogP contribution in [0.2, 0.25) is 5.02 Å². The molecule has 78 valence electrons. The van der Waals surface area contributed by atoms with Gasteiger partial charge in [0.15, 0.2) is 0 Å². The second-order valence-corrected chi connectivity index (χ2v) is 3.31. The number of esters is 1. The second-order valence-electron chi connectivity index (χ2n) is 2.88. The van der Waals surface area contributed by atoms with Gasteiger partial charge in [0, 0.05) is 5.02 Å². The summed E-state index contributed by atoms with van der Waals surface area (Å²) in [6.45, 7) is 1.71. The molecule has 1 atom stereocenters. The van der Waals surface area contributed by atoms with Crippen LogP contribution in [0.15, 0.2) is 24.3 Å². The number of hydrogen-bond acceptors (Lipinski definition) is 2. The largest absolute Gasteiger partial charge is 0.449 e. The van der Waals surface area contributed by atoms with E-state index in [0.29, 0.717) is 11.2 Å². The average molecular weight is 225 g/mol. The number of halogens is 1. The van der Waals surface area contributed by atoms with Gasteiger partial charge in [-0.05, 0) is 24.6 Å². The molecular formula is C10H9ClN2O2. The minimum atomic E-state index is -0.694. The van der Waals surface area contributed by atoms with Gasteiger partial charge in [-0.15, -0.1) is 0 Å². The van der Waals surface area contributed by atoms with Crippen molar-refractivity contribution < 1.29 is 14.3 Å². The van der Waals surface area contributed by atoms with E-state index < -0.39 is 12.1 Å². The highest BCUT2D eigenvalue weighted by Crippen LogP contribution is 2.18. The molecule has 4 nitrogen and oxygen atoms in total. The van der Waals surface area contributed by atoms with E-state index in [0.717, 1.165) is 5.56 Å². The van der Waals surface area contributed by atoms with Crippen LogP contribution in [0.4, 0.5) is 0 Å². The highest BCUT2D eigenvalue weighted by molar-refractivity contribution is 6.30. The molecule has 0 heterocycles. The van der Waals surface area contributed by atoms with E-state index in [1.54, 1.807) is 31.2 Å². The first kappa shape index (κ1) is 11.4. The van der Waals surface area contributed by atoms with Crippen molar-refractivity contribution in [3.63, 3.8) is 0 Å². The van der Waals surface area contributed by atoms with Crippen LogP contribution < -0.4 is 0 Å². The van der Waals surface area contributed by atoms with Crippen molar-refractivity contribution in [1.82, 2.24) is 0 Å². The Balaban J connectivity index is 2.68. The zero-order valence-electron chi connectivity index (χ0n) is 8.05. The van der Waals surface area contributed by atoms with Crippen molar-refractivity contribution in [3.05, 3.63) is 40.4 Å². The lowest BCUT2D eigenvalue weighted by Crippen LogP contribution is -2.09. The number of rotatable bonds is 3. The molecule has 0 aliphatic heterocycles. The predicted octanol–water partition coefficient (Wildman–Crippen LogP) is 2.24. The SMILES string of the molecule is CC(OC(=O)C=[N+]=[N-])c1ccc(Cl)cc1. The van der Waals surface area contributed by atoms with Crippen LogP contribution in [-0.4, -0.2) is 17.0 Å². The van der Waals surface area contributed by atoms with Crippen molar-refractivity contribution in [1.29, 1.82) is 0 Å². The van der Waals surface area contributed by atoms with Gasteiger partial charge in [-0.1, -0.05) is 23.7 Å². The number of ether oxygens (including phenoxy) is 1. The molecule has 0 fully saturated rings. The monoisotopic (exact) mass is 224 g/mol. The molecule has 0 N–H and O–H groups in total. The molecule has 1 aromatic carbocycles. The van der Waals surface area contributed by atoms with E-state index in [9.17, 15) is 4.79 Å². The summed E-state index contributed by atoms with van der Waals surface area (Å²) in [6, 6.07) is 6.94. The molecule has 1 unspecified atom stereocenters. The summed E-state index contributed by atoms with van der Waals surface area (Å²) in [5.41, 5.74) is 8.93. The van der Waals surface area contributed by atoms with Gasteiger partial charge in [-0.3, -0.25) is 0 Å². The van der Waals surface area contributed by atoms with Crippen molar-refractivity contribution in [3.8, 4) is 0 Å². The third-order valence-corrected chi connectivity index (χ3v) is 2.05. The Morgan fingerprint density at radius 3 is 2.67 bits per heavy atom. The van der Waals surface area contributed by atoms with Crippen LogP contribution in [0.3, 0.4) is 0 Å². The molecule has 0 aliphatic carbocycles. The number of hydrogen-bond donors (Lipinski definition) is 0. The molecule has 0 spiro atoms. The van der Waals surface area contributed by atoms with E-state index in [1.165, 1.54) is 0 Å². The van der Waals surface area contributed by atoms with E-state index in [2.05, 4.69) is 4.79 Å². The maximum absolute atomic E-state index is 10.9. The minimum absolute atomic E-state index is 0.409. The Labute approximate surface area is 92.1 Å². The van der Waals surface area contributed by atoms with E-state index in [4.69, 9.17) is 21.9 Å². The third kappa shape index (κ3) is 3.54. The minimum Gasteiger partial charge on any atom is -0.449 e. The Kier molecular flexibility index (Phi) is 4.03. The molecule has 0 aliphatic rings. The third-order valence-electron chi connectivity index (χ3n) is 1.80. The van der Waals surface area contributed by atoms with Crippen molar-refractivity contribution in [2.75, 3.05) is 0 Å². The fourth-order valence-electron chi connectivity index (χ4n) is 1.05. The molecule has 0 aromatic heterocycles. The van der Waals surface area contributed by atoms with Crippen LogP contribution in [0.5, 0.6) is 0 Å². The first-order chi connectivity index (χ1) is 7.13. The van der Waals surface area contributed by atoms with Gasteiger partial charge in [0.1, 0.15) is 6.10 Å². The highest BCUT2D eigenvalue weighted by Gasteiger charge is 2.12. The van der Waals surface area contributed by atoms with Crippen LogP contribution in [0, 0.1) is 0 Å². The molecule has 5 heteroatoms. The van der Waals surface area contributed by atoms with Gasteiger partial charge < -0.3 is 10.3 Å². The standard InChI is InChI=1S/C10H9ClN2O2/c1-7(15-10(14)6-13-12)8-2-4-9(11)5-3-8/h2-7H,1H3. The van der Waals surface area contributed by atoms with E-state index >= 15 is 0 Å². The molecule has 0 bridgehead atoms. The van der Waals surface area contributed by atoms with Gasteiger partial charge in [0.05, 0.1) is 0 Å². The molecule has 0 amide bonds. The lowest BCUT2D eigenvalue weighted by Gasteiger charge is -2.10. The summed E-state index contributed by atoms with van der Waals surface area (Å²) in [4.78, 5) is 13.5. The molecule has 1 rings (SSSR count). The first-order valence-corrected chi connectivity index (χ1v) is 4.65. The number of benzene rings is 1. The van der Waals surface area contributed by atoms with E-state index in [-0.39, 0.29) is 0 Å². The van der Waals surface area contributed by atoms with Crippen LogP contribution >= 0.6 is 11.6 Å². The summed E-state index contributed by atoms with van der Waals surface area (Å²) in [5, 5.41) is 0.620. The van der Waals surface area contributed by atoms with Gasteiger partial charge in [0.2, 0.25) is 0 Å². The first-order valence-electron chi connectivity index (χ1n) is 4.27. The maximum Gasteiger partial charge on any atom is 0.414 e. The lowest BCUT2D eigenvalue weighted by atomic mass is 10.1. The van der Waals surface area contributed by atoms with Crippen LogP contribution in [0.25, 0.3) is 5.53 Å². The second kappa shape index (κ2) is 5.29. The topological polar surface area (TPSA) is 62.7 Å². The Hall–Kier alpha value is -1.64. The zero-order chi connectivity index (χ0) is 11.3. The fraction of sp³-hybridized carbons (Fsp3) is 0.200. The van der Waals surface area contributed by atoms with Crippen molar-refractivity contribution >= 4 is 23.8 Å². The lowest BCUT2D eigenvalue weighted by molar-refractivity contribution is -0.143.